The van der Waals surface area contributed by atoms with Gasteiger partial charge < -0.3 is 4.74 Å². The maximum absolute atomic E-state index is 12.7. The van der Waals surface area contributed by atoms with Crippen LogP contribution in [0.5, 0.6) is 5.75 Å². The van der Waals surface area contributed by atoms with Gasteiger partial charge in [0.2, 0.25) is 0 Å². The summed E-state index contributed by atoms with van der Waals surface area (Å²) in [7, 11) is 1.21. The van der Waals surface area contributed by atoms with E-state index < -0.39 is 11.7 Å². The van der Waals surface area contributed by atoms with E-state index in [9.17, 15) is 13.2 Å². The molecule has 0 radical (unpaired) electrons. The van der Waals surface area contributed by atoms with Crippen molar-refractivity contribution >= 4 is 10.9 Å². The summed E-state index contributed by atoms with van der Waals surface area (Å²) in [4.78, 5) is 4.00. The van der Waals surface area contributed by atoms with Crippen molar-refractivity contribution < 1.29 is 17.9 Å². The van der Waals surface area contributed by atoms with Crippen LogP contribution in [0, 0.1) is 6.92 Å². The molecule has 0 aliphatic carbocycles. The van der Waals surface area contributed by atoms with Gasteiger partial charge in [-0.25, -0.2) is 0 Å². The van der Waals surface area contributed by atoms with Gasteiger partial charge >= 0.3 is 6.18 Å². The fraction of sp³-hybridized carbons (Fsp3) is 0.250. The first kappa shape index (κ1) is 11.7. The van der Waals surface area contributed by atoms with Crippen molar-refractivity contribution in [3.63, 3.8) is 0 Å². The van der Waals surface area contributed by atoms with Crippen molar-refractivity contribution in [2.24, 2.45) is 0 Å². The number of hydrogen-bond donors (Lipinski definition) is 0. The number of benzene rings is 1. The number of ether oxygens (including phenoxy) is 1. The zero-order valence-electron chi connectivity index (χ0n) is 9.30. The molecule has 2 rings (SSSR count). The highest BCUT2D eigenvalue weighted by molar-refractivity contribution is 5.86. The van der Waals surface area contributed by atoms with Crippen molar-refractivity contribution in [3.8, 4) is 5.75 Å². The SMILES string of the molecule is COc1c(C(F)(F)F)ccc2cc(C)cnc12. The Balaban J connectivity index is 2.78. The molecular weight excluding hydrogens is 231 g/mol. The van der Waals surface area contributed by atoms with Gasteiger partial charge in [0, 0.05) is 11.6 Å². The van der Waals surface area contributed by atoms with Gasteiger partial charge in [-0.3, -0.25) is 4.98 Å². The normalized spacial score (nSPS) is 11.8. The van der Waals surface area contributed by atoms with E-state index >= 15 is 0 Å². The number of aromatic nitrogens is 1. The molecule has 0 atom stereocenters. The summed E-state index contributed by atoms with van der Waals surface area (Å²) >= 11 is 0. The first-order chi connectivity index (χ1) is 7.93. The highest BCUT2D eigenvalue weighted by atomic mass is 19.4. The van der Waals surface area contributed by atoms with Crippen LogP contribution in [-0.4, -0.2) is 12.1 Å². The number of pyridine rings is 1. The number of methoxy groups -OCH3 is 1. The number of halogens is 3. The molecule has 0 aliphatic rings. The Kier molecular flexibility index (Phi) is 2.69. The Morgan fingerprint density at radius 2 is 1.94 bits per heavy atom. The minimum atomic E-state index is -4.44. The molecule has 0 amide bonds. The monoisotopic (exact) mass is 241 g/mol. The summed E-state index contributed by atoms with van der Waals surface area (Å²) in [5.41, 5.74) is 0.316. The molecule has 2 nitrogen and oxygen atoms in total. The molecule has 0 unspecified atom stereocenters. The van der Waals surface area contributed by atoms with Crippen LogP contribution < -0.4 is 4.74 Å². The second-order valence-corrected chi connectivity index (χ2v) is 3.73. The van der Waals surface area contributed by atoms with Crippen LogP contribution in [0.15, 0.2) is 24.4 Å². The van der Waals surface area contributed by atoms with Gasteiger partial charge in [0.1, 0.15) is 5.52 Å². The van der Waals surface area contributed by atoms with E-state index in [0.29, 0.717) is 5.39 Å². The molecule has 1 aromatic heterocycles. The standard InChI is InChI=1S/C12H10F3NO/c1-7-5-8-3-4-9(12(13,14)15)11(17-2)10(8)16-6-7/h3-6H,1-2H3. The molecule has 17 heavy (non-hydrogen) atoms. The lowest BCUT2D eigenvalue weighted by molar-refractivity contribution is -0.138. The van der Waals surface area contributed by atoms with Crippen molar-refractivity contribution in [2.75, 3.05) is 7.11 Å². The van der Waals surface area contributed by atoms with E-state index in [0.717, 1.165) is 11.6 Å². The second-order valence-electron chi connectivity index (χ2n) is 3.73. The predicted molar refractivity (Wildman–Crippen MR) is 58.0 cm³/mol. The number of aryl methyl sites for hydroxylation is 1. The topological polar surface area (TPSA) is 22.1 Å². The average molecular weight is 241 g/mol. The van der Waals surface area contributed by atoms with Gasteiger partial charge in [-0.2, -0.15) is 13.2 Å². The van der Waals surface area contributed by atoms with Crippen molar-refractivity contribution in [1.82, 2.24) is 4.98 Å². The van der Waals surface area contributed by atoms with Gasteiger partial charge in [0.25, 0.3) is 0 Å². The van der Waals surface area contributed by atoms with E-state index in [4.69, 9.17) is 4.74 Å². The van der Waals surface area contributed by atoms with E-state index in [1.54, 1.807) is 6.07 Å². The molecule has 0 bridgehead atoms. The number of fused-ring (bicyclic) bond motifs is 1. The third-order valence-corrected chi connectivity index (χ3v) is 2.45. The largest absolute Gasteiger partial charge is 0.494 e. The Bertz CT molecular complexity index is 563. The predicted octanol–water partition coefficient (Wildman–Crippen LogP) is 3.57. The molecule has 0 aliphatic heterocycles. The fourth-order valence-corrected chi connectivity index (χ4v) is 1.71. The van der Waals surface area contributed by atoms with E-state index in [1.165, 1.54) is 19.4 Å². The highest BCUT2D eigenvalue weighted by Crippen LogP contribution is 2.39. The molecule has 2 aromatic rings. The first-order valence-corrected chi connectivity index (χ1v) is 4.94. The van der Waals surface area contributed by atoms with Gasteiger partial charge in [-0.15, -0.1) is 0 Å². The Labute approximate surface area is 96.0 Å². The lowest BCUT2D eigenvalue weighted by Crippen LogP contribution is -2.08. The van der Waals surface area contributed by atoms with Crippen LogP contribution >= 0.6 is 0 Å². The lowest BCUT2D eigenvalue weighted by Gasteiger charge is -2.13. The summed E-state index contributed by atoms with van der Waals surface area (Å²) < 4.78 is 43.0. The molecule has 1 aromatic carbocycles. The first-order valence-electron chi connectivity index (χ1n) is 4.94. The summed E-state index contributed by atoms with van der Waals surface area (Å²) in [5.74, 6) is -0.227. The van der Waals surface area contributed by atoms with Crippen molar-refractivity contribution in [1.29, 1.82) is 0 Å². The Hall–Kier alpha value is -1.78. The molecule has 0 spiro atoms. The Morgan fingerprint density at radius 3 is 2.53 bits per heavy atom. The van der Waals surface area contributed by atoms with Crippen LogP contribution in [0.2, 0.25) is 0 Å². The van der Waals surface area contributed by atoms with Crippen LogP contribution in [0.1, 0.15) is 11.1 Å². The summed E-state index contributed by atoms with van der Waals surface area (Å²) in [6, 6.07) is 4.19. The number of rotatable bonds is 1. The molecule has 0 N–H and O–H groups in total. The van der Waals surface area contributed by atoms with Crippen molar-refractivity contribution in [3.05, 3.63) is 35.5 Å². The molecular formula is C12H10F3NO. The van der Waals surface area contributed by atoms with Crippen molar-refractivity contribution in [2.45, 2.75) is 13.1 Å². The third-order valence-electron chi connectivity index (χ3n) is 2.45. The minimum Gasteiger partial charge on any atom is -0.494 e. The molecule has 90 valence electrons. The number of alkyl halides is 3. The van der Waals surface area contributed by atoms with Crippen LogP contribution in [0.4, 0.5) is 13.2 Å². The summed E-state index contributed by atoms with van der Waals surface area (Å²) in [5, 5.41) is 0.634. The molecule has 0 saturated carbocycles. The van der Waals surface area contributed by atoms with Crippen LogP contribution in [0.3, 0.4) is 0 Å². The number of hydrogen-bond acceptors (Lipinski definition) is 2. The van der Waals surface area contributed by atoms with Gasteiger partial charge in [-0.1, -0.05) is 6.07 Å². The van der Waals surface area contributed by atoms with Gasteiger partial charge in [0.05, 0.1) is 12.7 Å². The van der Waals surface area contributed by atoms with E-state index in [2.05, 4.69) is 4.98 Å². The minimum absolute atomic E-state index is 0.227. The molecule has 1 heterocycles. The summed E-state index contributed by atoms with van der Waals surface area (Å²) in [6.45, 7) is 1.83. The van der Waals surface area contributed by atoms with E-state index in [-0.39, 0.29) is 11.3 Å². The highest BCUT2D eigenvalue weighted by Gasteiger charge is 2.35. The third kappa shape index (κ3) is 2.05. The lowest BCUT2D eigenvalue weighted by atomic mass is 10.1. The maximum Gasteiger partial charge on any atom is 0.420 e. The van der Waals surface area contributed by atoms with Gasteiger partial charge in [-0.05, 0) is 24.6 Å². The molecule has 0 fully saturated rings. The van der Waals surface area contributed by atoms with Crippen LogP contribution in [-0.2, 0) is 6.18 Å². The second kappa shape index (κ2) is 3.91. The smallest absolute Gasteiger partial charge is 0.420 e. The quantitative estimate of drug-likeness (QED) is 0.761. The van der Waals surface area contributed by atoms with Crippen LogP contribution in [0.25, 0.3) is 10.9 Å². The molecule has 0 saturated heterocycles. The fourth-order valence-electron chi connectivity index (χ4n) is 1.71. The number of nitrogens with zero attached hydrogens (tertiary/aromatic N) is 1. The maximum atomic E-state index is 12.7. The average Bonchev–Trinajstić information content (AvgIpc) is 2.25. The zero-order chi connectivity index (χ0) is 12.6. The summed E-state index contributed by atoms with van der Waals surface area (Å²) in [6.07, 6.45) is -2.92. The van der Waals surface area contributed by atoms with Gasteiger partial charge in [0.15, 0.2) is 5.75 Å². The van der Waals surface area contributed by atoms with E-state index in [1.807, 2.05) is 6.92 Å². The molecule has 5 heteroatoms. The zero-order valence-corrected chi connectivity index (χ0v) is 9.30. The Morgan fingerprint density at radius 1 is 1.24 bits per heavy atom.